The second kappa shape index (κ2) is 10.2. The van der Waals surface area contributed by atoms with E-state index in [1.165, 1.54) is 11.3 Å². The Hall–Kier alpha value is -2.16. The third-order valence-corrected chi connectivity index (χ3v) is 6.08. The van der Waals surface area contributed by atoms with Gasteiger partial charge in [-0.3, -0.25) is 9.59 Å². The molecule has 0 saturated carbocycles. The first-order valence-electron chi connectivity index (χ1n) is 10.1. The van der Waals surface area contributed by atoms with Crippen molar-refractivity contribution >= 4 is 45.6 Å². The maximum absolute atomic E-state index is 13.1. The highest BCUT2D eigenvalue weighted by molar-refractivity contribution is 7.14. The van der Waals surface area contributed by atoms with Crippen LogP contribution in [0.25, 0.3) is 0 Å². The minimum absolute atomic E-state index is 0.0898. The number of amides is 2. The van der Waals surface area contributed by atoms with Gasteiger partial charge in [-0.05, 0) is 58.0 Å². The molecule has 1 atom stereocenters. The number of aromatic nitrogens is 1. The standard InChI is InChI=1S/C21H28ClN5O2S/c1-14-7-8-15(22)12-16(14)24-21-25-17(13-30-21)20(29)27-10-5-4-6-18(27)19(28)23-9-11-26(2)3/h7-8,12-13,18H,4-6,9-11H2,1-3H3,(H,23,28)(H,24,25). The molecule has 2 heterocycles. The van der Waals surface area contributed by atoms with E-state index in [0.29, 0.717) is 35.4 Å². The summed E-state index contributed by atoms with van der Waals surface area (Å²) in [5.41, 5.74) is 2.25. The van der Waals surface area contributed by atoms with E-state index in [2.05, 4.69) is 15.6 Å². The molecule has 2 N–H and O–H groups in total. The number of rotatable bonds is 7. The van der Waals surface area contributed by atoms with Crippen molar-refractivity contribution in [1.29, 1.82) is 0 Å². The molecular formula is C21H28ClN5O2S. The van der Waals surface area contributed by atoms with E-state index in [1.807, 2.05) is 44.1 Å². The van der Waals surface area contributed by atoms with Gasteiger partial charge in [0.05, 0.1) is 0 Å². The zero-order chi connectivity index (χ0) is 21.7. The number of carbonyl (C=O) groups is 2. The van der Waals surface area contributed by atoms with Crippen LogP contribution in [0.2, 0.25) is 5.02 Å². The second-order valence-electron chi connectivity index (χ2n) is 7.73. The van der Waals surface area contributed by atoms with Crippen LogP contribution in [0.1, 0.15) is 35.3 Å². The van der Waals surface area contributed by atoms with Gasteiger partial charge in [0.1, 0.15) is 11.7 Å². The number of likely N-dealkylation sites (N-methyl/N-ethyl adjacent to an activating group) is 1. The number of thiazole rings is 1. The van der Waals surface area contributed by atoms with Crippen LogP contribution in [0, 0.1) is 6.92 Å². The van der Waals surface area contributed by atoms with E-state index in [-0.39, 0.29) is 11.8 Å². The summed E-state index contributed by atoms with van der Waals surface area (Å²) in [7, 11) is 3.92. The van der Waals surface area contributed by atoms with Gasteiger partial charge < -0.3 is 20.4 Å². The summed E-state index contributed by atoms with van der Waals surface area (Å²) >= 11 is 7.44. The normalized spacial score (nSPS) is 16.6. The third kappa shape index (κ3) is 5.71. The number of likely N-dealkylation sites (tertiary alicyclic amines) is 1. The molecule has 162 valence electrons. The number of nitrogens with zero attached hydrogens (tertiary/aromatic N) is 3. The third-order valence-electron chi connectivity index (χ3n) is 5.09. The Labute approximate surface area is 186 Å². The summed E-state index contributed by atoms with van der Waals surface area (Å²) in [5, 5.41) is 9.17. The number of halogens is 1. The number of carbonyl (C=O) groups excluding carboxylic acids is 2. The monoisotopic (exact) mass is 449 g/mol. The summed E-state index contributed by atoms with van der Waals surface area (Å²) in [6, 6.07) is 5.15. The van der Waals surface area contributed by atoms with Crippen LogP contribution in [0.15, 0.2) is 23.6 Å². The summed E-state index contributed by atoms with van der Waals surface area (Å²) in [6.45, 7) is 3.87. The maximum atomic E-state index is 13.1. The molecule has 1 unspecified atom stereocenters. The van der Waals surface area contributed by atoms with Crippen LogP contribution < -0.4 is 10.6 Å². The topological polar surface area (TPSA) is 77.6 Å². The number of nitrogens with one attached hydrogen (secondary N) is 2. The molecule has 1 saturated heterocycles. The highest BCUT2D eigenvalue weighted by atomic mass is 35.5. The molecular weight excluding hydrogens is 422 g/mol. The maximum Gasteiger partial charge on any atom is 0.274 e. The molecule has 1 aliphatic heterocycles. The van der Waals surface area contributed by atoms with Gasteiger partial charge >= 0.3 is 0 Å². The molecule has 0 bridgehead atoms. The summed E-state index contributed by atoms with van der Waals surface area (Å²) in [6.07, 6.45) is 2.51. The predicted octanol–water partition coefficient (Wildman–Crippen LogP) is 3.52. The Kier molecular flexibility index (Phi) is 7.69. The lowest BCUT2D eigenvalue weighted by Crippen LogP contribution is -2.52. The van der Waals surface area contributed by atoms with E-state index in [0.717, 1.165) is 30.6 Å². The molecule has 7 nitrogen and oxygen atoms in total. The van der Waals surface area contributed by atoms with Gasteiger partial charge in [0.2, 0.25) is 5.91 Å². The van der Waals surface area contributed by atoms with Crippen LogP contribution in [-0.2, 0) is 4.79 Å². The summed E-state index contributed by atoms with van der Waals surface area (Å²) < 4.78 is 0. The first kappa shape index (κ1) is 22.5. The number of hydrogen-bond acceptors (Lipinski definition) is 6. The van der Waals surface area contributed by atoms with Crippen molar-refractivity contribution < 1.29 is 9.59 Å². The highest BCUT2D eigenvalue weighted by Gasteiger charge is 2.33. The Bertz CT molecular complexity index is 901. The molecule has 30 heavy (non-hydrogen) atoms. The minimum Gasteiger partial charge on any atom is -0.353 e. The summed E-state index contributed by atoms with van der Waals surface area (Å²) in [5.74, 6) is -0.289. The van der Waals surface area contributed by atoms with Crippen LogP contribution in [0.4, 0.5) is 10.8 Å². The molecule has 9 heteroatoms. The molecule has 1 fully saturated rings. The molecule has 1 aromatic carbocycles. The van der Waals surface area contributed by atoms with Crippen molar-refractivity contribution in [3.05, 3.63) is 39.9 Å². The molecule has 0 spiro atoms. The van der Waals surface area contributed by atoms with E-state index in [1.54, 1.807) is 10.3 Å². The molecule has 1 aliphatic rings. The minimum atomic E-state index is -0.443. The average Bonchev–Trinajstić information content (AvgIpc) is 3.18. The van der Waals surface area contributed by atoms with Crippen LogP contribution in [0.5, 0.6) is 0 Å². The fraction of sp³-hybridized carbons (Fsp3) is 0.476. The smallest absolute Gasteiger partial charge is 0.274 e. The number of hydrogen-bond donors (Lipinski definition) is 2. The summed E-state index contributed by atoms with van der Waals surface area (Å²) in [4.78, 5) is 33.9. The van der Waals surface area contributed by atoms with Crippen LogP contribution >= 0.6 is 22.9 Å². The van der Waals surface area contributed by atoms with Gasteiger partial charge in [-0.1, -0.05) is 17.7 Å². The van der Waals surface area contributed by atoms with E-state index >= 15 is 0 Å². The molecule has 3 rings (SSSR count). The first-order valence-corrected chi connectivity index (χ1v) is 11.3. The van der Waals surface area contributed by atoms with Gasteiger partial charge in [0.15, 0.2) is 5.13 Å². The lowest BCUT2D eigenvalue weighted by Gasteiger charge is -2.34. The number of piperidine rings is 1. The predicted molar refractivity (Wildman–Crippen MR) is 122 cm³/mol. The van der Waals surface area contributed by atoms with E-state index in [9.17, 15) is 9.59 Å². The van der Waals surface area contributed by atoms with Crippen molar-refractivity contribution in [3.8, 4) is 0 Å². The molecule has 2 aromatic rings. The Morgan fingerprint density at radius 2 is 2.13 bits per heavy atom. The first-order chi connectivity index (χ1) is 14.3. The fourth-order valence-corrected chi connectivity index (χ4v) is 4.26. The van der Waals surface area contributed by atoms with Crippen molar-refractivity contribution in [2.24, 2.45) is 0 Å². The lowest BCUT2D eigenvalue weighted by molar-refractivity contribution is -0.126. The van der Waals surface area contributed by atoms with Gasteiger partial charge in [-0.2, -0.15) is 0 Å². The number of benzene rings is 1. The van der Waals surface area contributed by atoms with Crippen molar-refractivity contribution in [2.45, 2.75) is 32.2 Å². The van der Waals surface area contributed by atoms with Crippen molar-refractivity contribution in [2.75, 3.05) is 39.0 Å². The van der Waals surface area contributed by atoms with Gasteiger partial charge in [0, 0.05) is 35.7 Å². The largest absolute Gasteiger partial charge is 0.353 e. The molecule has 1 aromatic heterocycles. The van der Waals surface area contributed by atoms with Crippen LogP contribution in [-0.4, -0.2) is 66.4 Å². The fourth-order valence-electron chi connectivity index (χ4n) is 3.39. The number of aryl methyl sites for hydroxylation is 1. The van der Waals surface area contributed by atoms with E-state index < -0.39 is 6.04 Å². The lowest BCUT2D eigenvalue weighted by atomic mass is 10.0. The van der Waals surface area contributed by atoms with Gasteiger partial charge in [-0.15, -0.1) is 11.3 Å². The Morgan fingerprint density at radius 1 is 1.33 bits per heavy atom. The van der Waals surface area contributed by atoms with Gasteiger partial charge in [-0.25, -0.2) is 4.98 Å². The van der Waals surface area contributed by atoms with Gasteiger partial charge in [0.25, 0.3) is 5.91 Å². The number of anilines is 2. The molecule has 0 aliphatic carbocycles. The zero-order valence-electron chi connectivity index (χ0n) is 17.6. The van der Waals surface area contributed by atoms with Crippen molar-refractivity contribution in [3.63, 3.8) is 0 Å². The zero-order valence-corrected chi connectivity index (χ0v) is 19.1. The Balaban J connectivity index is 1.68. The molecule has 2 amide bonds. The quantitative estimate of drug-likeness (QED) is 0.676. The van der Waals surface area contributed by atoms with E-state index in [4.69, 9.17) is 11.6 Å². The Morgan fingerprint density at radius 3 is 2.90 bits per heavy atom. The van der Waals surface area contributed by atoms with Crippen LogP contribution in [0.3, 0.4) is 0 Å². The highest BCUT2D eigenvalue weighted by Crippen LogP contribution is 2.27. The average molecular weight is 450 g/mol. The second-order valence-corrected chi connectivity index (χ2v) is 9.02. The molecule has 0 radical (unpaired) electrons. The van der Waals surface area contributed by atoms with Crippen molar-refractivity contribution in [1.82, 2.24) is 20.1 Å². The SMILES string of the molecule is Cc1ccc(Cl)cc1Nc1nc(C(=O)N2CCCCC2C(=O)NCCN(C)C)cs1.